The van der Waals surface area contributed by atoms with Gasteiger partial charge >= 0.3 is 0 Å². The van der Waals surface area contributed by atoms with Crippen LogP contribution in [0.15, 0.2) is 211 Å². The molecule has 0 aliphatic carbocycles. The summed E-state index contributed by atoms with van der Waals surface area (Å²) in [6.45, 7) is 0. The smallest absolute Gasteiger partial charge is 0.137 e. The highest BCUT2D eigenvalue weighted by atomic mass is 32.1. The summed E-state index contributed by atoms with van der Waals surface area (Å²) in [4.78, 5) is 4.84. The second-order valence-electron chi connectivity index (χ2n) is 14.1. The molecule has 0 bridgehead atoms. The predicted molar refractivity (Wildman–Crippen MR) is 239 cm³/mol. The Morgan fingerprint density at radius 3 is 1.77 bits per heavy atom. The minimum Gasteiger partial charge on any atom is -0.456 e. The Hall–Kier alpha value is -7.14. The third-order valence-corrected chi connectivity index (χ3v) is 12.1. The normalized spacial score (nSPS) is 11.6. The van der Waals surface area contributed by atoms with Gasteiger partial charge in [-0.15, -0.1) is 11.3 Å². The Morgan fingerprint density at radius 2 is 0.964 bits per heavy atom. The van der Waals surface area contributed by atoms with E-state index in [-0.39, 0.29) is 0 Å². The average Bonchev–Trinajstić information content (AvgIpc) is 3.85. The van der Waals surface area contributed by atoms with Gasteiger partial charge in [-0.2, -0.15) is 0 Å². The number of furan rings is 1. The summed E-state index contributed by atoms with van der Waals surface area (Å²) in [6.07, 6.45) is 0. The third-order valence-electron chi connectivity index (χ3n) is 10.8. The van der Waals surface area contributed by atoms with Crippen LogP contribution in [0.3, 0.4) is 0 Å². The van der Waals surface area contributed by atoms with Crippen LogP contribution in [0.5, 0.6) is 0 Å². The first-order chi connectivity index (χ1) is 27.8. The van der Waals surface area contributed by atoms with Crippen LogP contribution in [0.1, 0.15) is 0 Å². The topological polar surface area (TPSA) is 19.6 Å². The van der Waals surface area contributed by atoms with Crippen molar-refractivity contribution >= 4 is 98.3 Å². The summed E-state index contributed by atoms with van der Waals surface area (Å²) in [5.74, 6) is 0. The molecule has 2 aromatic heterocycles. The van der Waals surface area contributed by atoms with Gasteiger partial charge < -0.3 is 14.2 Å². The molecule has 56 heavy (non-hydrogen) atoms. The molecule has 0 atom stereocenters. The van der Waals surface area contributed by atoms with E-state index >= 15 is 0 Å². The zero-order chi connectivity index (χ0) is 37.0. The van der Waals surface area contributed by atoms with Crippen LogP contribution in [-0.4, -0.2) is 0 Å². The molecule has 0 aliphatic rings. The average molecular weight is 735 g/mol. The maximum absolute atomic E-state index is 6.49. The number of benzene rings is 9. The summed E-state index contributed by atoms with van der Waals surface area (Å²) < 4.78 is 9.00. The second-order valence-corrected chi connectivity index (χ2v) is 15.1. The number of para-hydroxylation sites is 3. The molecule has 11 aromatic rings. The van der Waals surface area contributed by atoms with Gasteiger partial charge in [-0.05, 0) is 88.6 Å². The Morgan fingerprint density at radius 1 is 0.339 bits per heavy atom. The van der Waals surface area contributed by atoms with Crippen molar-refractivity contribution in [2.75, 3.05) is 9.80 Å². The predicted octanol–water partition coefficient (Wildman–Crippen LogP) is 15.7. The Bertz CT molecular complexity index is 3200. The van der Waals surface area contributed by atoms with Crippen molar-refractivity contribution < 1.29 is 4.42 Å². The molecule has 4 heteroatoms. The van der Waals surface area contributed by atoms with Crippen molar-refractivity contribution in [3.05, 3.63) is 206 Å². The number of thiophene rings is 1. The fourth-order valence-corrected chi connectivity index (χ4v) is 9.60. The lowest BCUT2D eigenvalue weighted by Gasteiger charge is -2.30. The van der Waals surface area contributed by atoms with Gasteiger partial charge in [-0.3, -0.25) is 0 Å². The summed E-state index contributed by atoms with van der Waals surface area (Å²) in [7, 11) is 0. The molecule has 0 radical (unpaired) electrons. The first kappa shape index (κ1) is 32.3. The molecule has 0 amide bonds. The molecule has 2 heterocycles. The van der Waals surface area contributed by atoms with Gasteiger partial charge in [0, 0.05) is 43.6 Å². The van der Waals surface area contributed by atoms with Crippen molar-refractivity contribution in [3.63, 3.8) is 0 Å². The molecule has 0 saturated heterocycles. The van der Waals surface area contributed by atoms with E-state index in [1.54, 1.807) is 0 Å². The Kier molecular flexibility index (Phi) is 7.68. The number of nitrogens with zero attached hydrogens (tertiary/aromatic N) is 2. The zero-order valence-corrected chi connectivity index (χ0v) is 31.2. The van der Waals surface area contributed by atoms with Gasteiger partial charge in [0.15, 0.2) is 0 Å². The monoisotopic (exact) mass is 734 g/mol. The minimum absolute atomic E-state index is 0.864. The molecule has 11 rings (SSSR count). The van der Waals surface area contributed by atoms with E-state index in [9.17, 15) is 0 Å². The largest absolute Gasteiger partial charge is 0.456 e. The lowest BCUT2D eigenvalue weighted by atomic mass is 10.0. The van der Waals surface area contributed by atoms with Gasteiger partial charge in [-0.1, -0.05) is 140 Å². The highest BCUT2D eigenvalue weighted by Crippen LogP contribution is 2.51. The SMILES string of the molecule is c1ccc(-c2cccc(N(c3ccccc3)c3cc(N(c4ccccc4)c4cccc5oc6ccccc6c45)c4sc5c6ccccc6ccc5c4c3)c2)cc1. The van der Waals surface area contributed by atoms with E-state index in [0.717, 1.165) is 56.1 Å². The maximum atomic E-state index is 6.49. The number of anilines is 6. The molecule has 0 spiro atoms. The van der Waals surface area contributed by atoms with Crippen molar-refractivity contribution in [2.24, 2.45) is 0 Å². The van der Waals surface area contributed by atoms with Crippen LogP contribution in [0.4, 0.5) is 34.1 Å². The summed E-state index contributed by atoms with van der Waals surface area (Å²) in [5, 5.41) is 7.16. The summed E-state index contributed by atoms with van der Waals surface area (Å²) >= 11 is 1.87. The van der Waals surface area contributed by atoms with E-state index in [2.05, 4.69) is 210 Å². The van der Waals surface area contributed by atoms with Gasteiger partial charge in [-0.25, -0.2) is 0 Å². The van der Waals surface area contributed by atoms with Crippen LogP contribution in [0.25, 0.3) is 64.0 Å². The molecule has 0 fully saturated rings. The number of fused-ring (bicyclic) bond motifs is 8. The Balaban J connectivity index is 1.26. The first-order valence-corrected chi connectivity index (χ1v) is 19.7. The van der Waals surface area contributed by atoms with E-state index < -0.39 is 0 Å². The molecular formula is C52H34N2OS. The summed E-state index contributed by atoms with van der Waals surface area (Å²) in [5.41, 5.74) is 10.6. The zero-order valence-electron chi connectivity index (χ0n) is 30.3. The van der Waals surface area contributed by atoms with Crippen molar-refractivity contribution in [1.29, 1.82) is 0 Å². The number of hydrogen-bond acceptors (Lipinski definition) is 4. The van der Waals surface area contributed by atoms with E-state index in [1.807, 2.05) is 17.4 Å². The van der Waals surface area contributed by atoms with Crippen LogP contribution < -0.4 is 9.80 Å². The Labute approximate surface area is 328 Å². The molecule has 0 aliphatic heterocycles. The van der Waals surface area contributed by atoms with Crippen LogP contribution in [0.2, 0.25) is 0 Å². The highest BCUT2D eigenvalue weighted by Gasteiger charge is 2.25. The van der Waals surface area contributed by atoms with Gasteiger partial charge in [0.1, 0.15) is 11.2 Å². The highest BCUT2D eigenvalue weighted by molar-refractivity contribution is 7.27. The molecule has 9 aromatic carbocycles. The standard InChI is InChI=1S/C52H34N2OS/c1-4-16-35(17-5-1)37-19-14-24-40(32-37)53(38-20-6-2-7-21-38)41-33-45-43-31-30-36-18-10-11-25-42(36)51(43)56-52(45)47(34-41)54(39-22-8-3-9-23-39)46-27-15-29-49-50(46)44-26-12-13-28-48(44)55-49/h1-34H. The first-order valence-electron chi connectivity index (χ1n) is 18.9. The van der Waals surface area contributed by atoms with Crippen LogP contribution in [-0.2, 0) is 0 Å². The molecule has 0 N–H and O–H groups in total. The lowest BCUT2D eigenvalue weighted by molar-refractivity contribution is 0.669. The van der Waals surface area contributed by atoms with Crippen molar-refractivity contribution in [2.45, 2.75) is 0 Å². The molecule has 3 nitrogen and oxygen atoms in total. The van der Waals surface area contributed by atoms with Gasteiger partial charge in [0.05, 0.1) is 21.5 Å². The third kappa shape index (κ3) is 5.34. The van der Waals surface area contributed by atoms with Crippen molar-refractivity contribution in [3.8, 4) is 11.1 Å². The fourth-order valence-electron chi connectivity index (χ4n) is 8.28. The summed E-state index contributed by atoms with van der Waals surface area (Å²) in [6, 6.07) is 73.9. The molecule has 264 valence electrons. The van der Waals surface area contributed by atoms with E-state index in [1.165, 1.54) is 42.1 Å². The lowest BCUT2D eigenvalue weighted by Crippen LogP contribution is -2.13. The van der Waals surface area contributed by atoms with Crippen LogP contribution in [0, 0.1) is 0 Å². The quantitative estimate of drug-likeness (QED) is 0.163. The fraction of sp³-hybridized carbons (Fsp3) is 0. The van der Waals surface area contributed by atoms with E-state index in [0.29, 0.717) is 0 Å². The van der Waals surface area contributed by atoms with Gasteiger partial charge in [0.2, 0.25) is 0 Å². The molecular weight excluding hydrogens is 701 g/mol. The van der Waals surface area contributed by atoms with Crippen LogP contribution >= 0.6 is 11.3 Å². The second kappa shape index (κ2) is 13.3. The van der Waals surface area contributed by atoms with Gasteiger partial charge in [0.25, 0.3) is 0 Å². The number of hydrogen-bond donors (Lipinski definition) is 0. The minimum atomic E-state index is 0.864. The maximum Gasteiger partial charge on any atom is 0.137 e. The van der Waals surface area contributed by atoms with Crippen molar-refractivity contribution in [1.82, 2.24) is 0 Å². The molecule has 0 saturated carbocycles. The molecule has 0 unspecified atom stereocenters. The van der Waals surface area contributed by atoms with E-state index in [4.69, 9.17) is 4.42 Å². The number of rotatable bonds is 7.